The molecule has 4 aliphatic rings. The third kappa shape index (κ3) is 2.50. The van der Waals surface area contributed by atoms with Crippen LogP contribution in [0.25, 0.3) is 12.2 Å². The van der Waals surface area contributed by atoms with Gasteiger partial charge in [0, 0.05) is 35.0 Å². The van der Waals surface area contributed by atoms with E-state index in [0.717, 1.165) is 33.5 Å². The average Bonchev–Trinajstić information content (AvgIpc) is 3.35. The first-order valence-corrected chi connectivity index (χ1v) is 8.42. The van der Waals surface area contributed by atoms with E-state index in [0.29, 0.717) is 11.4 Å². The minimum atomic E-state index is -0.560. The number of aromatic nitrogens is 1. The van der Waals surface area contributed by atoms with E-state index in [2.05, 4.69) is 15.0 Å². The number of nitrogens with zero attached hydrogens (tertiary/aromatic N) is 3. The first-order valence-electron chi connectivity index (χ1n) is 8.42. The summed E-state index contributed by atoms with van der Waals surface area (Å²) in [6.07, 6.45) is 19.2. The van der Waals surface area contributed by atoms with Crippen LogP contribution >= 0.6 is 0 Å². The molecule has 5 nitrogen and oxygen atoms in total. The van der Waals surface area contributed by atoms with Gasteiger partial charge in [-0.15, -0.1) is 0 Å². The van der Waals surface area contributed by atoms with Crippen LogP contribution in [0.2, 0.25) is 0 Å². The molecule has 5 heteroatoms. The second-order valence-corrected chi connectivity index (χ2v) is 6.64. The zero-order valence-electron chi connectivity index (χ0n) is 14.2. The van der Waals surface area contributed by atoms with E-state index in [1.54, 1.807) is 7.05 Å². The molecular weight excluding hydrogens is 324 g/mol. The Kier molecular flexibility index (Phi) is 3.09. The van der Waals surface area contributed by atoms with Gasteiger partial charge >= 0.3 is 0 Å². The number of hydrogen-bond donors (Lipinski definition) is 1. The Hall–Kier alpha value is -3.28. The van der Waals surface area contributed by atoms with Gasteiger partial charge in [-0.25, -0.2) is 9.98 Å². The average molecular weight is 340 g/mol. The van der Waals surface area contributed by atoms with Gasteiger partial charge in [0.1, 0.15) is 11.4 Å². The highest BCUT2D eigenvalue weighted by atomic mass is 16.5. The van der Waals surface area contributed by atoms with Crippen LogP contribution in [0.1, 0.15) is 0 Å². The lowest BCUT2D eigenvalue weighted by Gasteiger charge is -2.36. The molecule has 0 fully saturated rings. The van der Waals surface area contributed by atoms with Crippen molar-refractivity contribution in [2.24, 2.45) is 9.98 Å². The second-order valence-electron chi connectivity index (χ2n) is 6.64. The summed E-state index contributed by atoms with van der Waals surface area (Å²) < 4.78 is -0.560. The quantitative estimate of drug-likeness (QED) is 0.570. The molecule has 1 unspecified atom stereocenters. The lowest BCUT2D eigenvalue weighted by Crippen LogP contribution is -2.32. The molecule has 0 amide bonds. The standard InChI is InChI=1S/C21H16N4O/c1-25(26)20-8-9-21(25)13-19-7-5-17(24-19)11-15-3-2-14(22-15)10-16-4-6-18(12-20)23-16/h2-13,23H,1H3. The largest absolute Gasteiger partial charge is 0.622 e. The number of H-pyrrole nitrogens is 1. The first kappa shape index (κ1) is 15.0. The summed E-state index contributed by atoms with van der Waals surface area (Å²) >= 11 is 0. The molecule has 0 spiro atoms. The second kappa shape index (κ2) is 5.36. The summed E-state index contributed by atoms with van der Waals surface area (Å²) in [4.78, 5) is 12.5. The number of likely N-dealkylation sites (N-methyl/N-ethyl adjacent to an activating group) is 1. The molecular formula is C21H16N4O. The summed E-state index contributed by atoms with van der Waals surface area (Å²) in [6.45, 7) is 0. The van der Waals surface area contributed by atoms with E-state index in [1.807, 2.05) is 72.9 Å². The van der Waals surface area contributed by atoms with Crippen molar-refractivity contribution in [3.8, 4) is 0 Å². The summed E-state index contributed by atoms with van der Waals surface area (Å²) in [6, 6.07) is 3.95. The van der Waals surface area contributed by atoms with Crippen LogP contribution in [0.15, 0.2) is 93.5 Å². The Labute approximate surface area is 150 Å². The molecule has 1 aromatic rings. The van der Waals surface area contributed by atoms with Crippen LogP contribution in [0.5, 0.6) is 0 Å². The van der Waals surface area contributed by atoms with Crippen LogP contribution in [0.4, 0.5) is 0 Å². The molecule has 4 aliphatic heterocycles. The Morgan fingerprint density at radius 3 is 2.08 bits per heavy atom. The van der Waals surface area contributed by atoms with Gasteiger partial charge in [-0.1, -0.05) is 0 Å². The number of hydroxylamine groups is 3. The van der Waals surface area contributed by atoms with Gasteiger partial charge in [0.15, 0.2) is 0 Å². The minimum Gasteiger partial charge on any atom is -0.622 e. The number of aliphatic imine (C=N–C) groups is 2. The molecule has 126 valence electrons. The third-order valence-electron chi connectivity index (χ3n) is 4.71. The van der Waals surface area contributed by atoms with Gasteiger partial charge in [-0.3, -0.25) is 4.65 Å². The van der Waals surface area contributed by atoms with Crippen molar-refractivity contribution in [2.45, 2.75) is 0 Å². The highest BCUT2D eigenvalue weighted by molar-refractivity contribution is 6.19. The zero-order chi connectivity index (χ0) is 17.7. The van der Waals surface area contributed by atoms with Crippen molar-refractivity contribution in [2.75, 3.05) is 7.05 Å². The van der Waals surface area contributed by atoms with Gasteiger partial charge in [0.05, 0.1) is 29.9 Å². The topological polar surface area (TPSA) is 63.6 Å². The van der Waals surface area contributed by atoms with Crippen molar-refractivity contribution < 1.29 is 4.65 Å². The van der Waals surface area contributed by atoms with Crippen molar-refractivity contribution in [1.82, 2.24) is 4.98 Å². The lowest BCUT2D eigenvalue weighted by atomic mass is 10.3. The van der Waals surface area contributed by atoms with Gasteiger partial charge in [-0.05, 0) is 48.6 Å². The molecule has 0 saturated carbocycles. The van der Waals surface area contributed by atoms with E-state index >= 15 is 0 Å². The molecule has 0 radical (unpaired) electrons. The van der Waals surface area contributed by atoms with Crippen molar-refractivity contribution in [3.05, 3.63) is 99.4 Å². The molecule has 0 saturated heterocycles. The molecule has 8 bridgehead atoms. The Morgan fingerprint density at radius 2 is 1.35 bits per heavy atom. The lowest BCUT2D eigenvalue weighted by molar-refractivity contribution is -0.769. The van der Waals surface area contributed by atoms with Crippen LogP contribution in [0.3, 0.4) is 0 Å². The zero-order valence-corrected chi connectivity index (χ0v) is 14.2. The van der Waals surface area contributed by atoms with E-state index in [1.165, 1.54) is 0 Å². The molecule has 1 aromatic heterocycles. The maximum atomic E-state index is 13.2. The molecule has 1 N–H and O–H groups in total. The fourth-order valence-electron chi connectivity index (χ4n) is 3.28. The van der Waals surface area contributed by atoms with Crippen LogP contribution in [-0.4, -0.2) is 28.1 Å². The number of aromatic amines is 1. The summed E-state index contributed by atoms with van der Waals surface area (Å²) in [5.74, 6) is 0. The van der Waals surface area contributed by atoms with E-state index in [9.17, 15) is 5.21 Å². The summed E-state index contributed by atoms with van der Waals surface area (Å²) in [7, 11) is 1.64. The molecule has 26 heavy (non-hydrogen) atoms. The Balaban J connectivity index is 1.71. The van der Waals surface area contributed by atoms with Crippen LogP contribution in [0, 0.1) is 5.21 Å². The first-order chi connectivity index (χ1) is 12.6. The number of fused-ring (bicyclic) bond motifs is 6. The predicted octanol–water partition coefficient (Wildman–Crippen LogP) is 2.10. The number of nitrogens with one attached hydrogen (secondary N) is 1. The number of rotatable bonds is 0. The highest BCUT2D eigenvalue weighted by Gasteiger charge is 2.26. The molecule has 5 rings (SSSR count). The Bertz CT molecular complexity index is 1190. The van der Waals surface area contributed by atoms with Gasteiger partial charge < -0.3 is 10.2 Å². The molecule has 0 aliphatic carbocycles. The highest BCUT2D eigenvalue weighted by Crippen LogP contribution is 2.31. The fourth-order valence-corrected chi connectivity index (χ4v) is 3.28. The van der Waals surface area contributed by atoms with Crippen molar-refractivity contribution >= 4 is 23.6 Å². The smallest absolute Gasteiger partial charge is 0.140 e. The maximum absolute atomic E-state index is 13.2. The van der Waals surface area contributed by atoms with Crippen LogP contribution < -0.4 is 10.7 Å². The van der Waals surface area contributed by atoms with Crippen molar-refractivity contribution in [1.29, 1.82) is 0 Å². The number of hydrogen-bond acceptors (Lipinski definition) is 3. The predicted molar refractivity (Wildman–Crippen MR) is 104 cm³/mol. The van der Waals surface area contributed by atoms with Crippen molar-refractivity contribution in [3.63, 3.8) is 0 Å². The maximum Gasteiger partial charge on any atom is 0.140 e. The molecule has 0 aromatic carbocycles. The Morgan fingerprint density at radius 1 is 0.769 bits per heavy atom. The summed E-state index contributed by atoms with van der Waals surface area (Å²) in [5.41, 5.74) is 4.66. The minimum absolute atomic E-state index is 0.560. The SMILES string of the molecule is C[N+]1([O-])C2=CC=C1C=c1ccc([nH]1)=CC1=NC(=CC3=NC(=C2)C=C3)C=C1. The van der Waals surface area contributed by atoms with E-state index in [-0.39, 0.29) is 0 Å². The fraction of sp³-hybridized carbons (Fsp3) is 0.0476. The van der Waals surface area contributed by atoms with Crippen LogP contribution in [-0.2, 0) is 0 Å². The number of quaternary nitrogens is 1. The third-order valence-corrected chi connectivity index (χ3v) is 4.71. The van der Waals surface area contributed by atoms with E-state index in [4.69, 9.17) is 0 Å². The molecule has 5 heterocycles. The molecule has 1 atom stereocenters. The van der Waals surface area contributed by atoms with Gasteiger partial charge in [0.25, 0.3) is 0 Å². The van der Waals surface area contributed by atoms with E-state index < -0.39 is 4.65 Å². The normalized spacial score (nSPS) is 25.6. The van der Waals surface area contributed by atoms with Gasteiger partial charge in [-0.2, -0.15) is 0 Å². The van der Waals surface area contributed by atoms with Gasteiger partial charge in [0.2, 0.25) is 0 Å². The number of allylic oxidation sites excluding steroid dienone is 9. The summed E-state index contributed by atoms with van der Waals surface area (Å²) in [5, 5.41) is 15.0. The monoisotopic (exact) mass is 340 g/mol.